The van der Waals surface area contributed by atoms with E-state index in [-0.39, 0.29) is 43.3 Å². The van der Waals surface area contributed by atoms with Gasteiger partial charge in [0, 0.05) is 30.9 Å². The van der Waals surface area contributed by atoms with Gasteiger partial charge in [-0.2, -0.15) is 32.8 Å². The zero-order valence-corrected chi connectivity index (χ0v) is 23.0. The van der Waals surface area contributed by atoms with E-state index in [2.05, 4.69) is 21.3 Å². The molecule has 2 fully saturated rings. The number of rotatable bonds is 8. The first kappa shape index (κ1) is 27.9. The summed E-state index contributed by atoms with van der Waals surface area (Å²) in [6.45, 7) is 0.121. The average Bonchev–Trinajstić information content (AvgIpc) is 3.50. The highest BCUT2D eigenvalue weighted by Crippen LogP contribution is 2.37. The normalized spacial score (nSPS) is 17.7. The van der Waals surface area contributed by atoms with Crippen LogP contribution in [0.25, 0.3) is 16.9 Å². The van der Waals surface area contributed by atoms with Crippen molar-refractivity contribution in [3.63, 3.8) is 0 Å². The fraction of sp³-hybridized carbons (Fsp3) is 0.370. The van der Waals surface area contributed by atoms with Crippen LogP contribution in [0.5, 0.6) is 0 Å². The molecule has 1 aliphatic heterocycles. The number of halogens is 3. The van der Waals surface area contributed by atoms with Crippen LogP contribution in [0.3, 0.4) is 0 Å². The fourth-order valence-electron chi connectivity index (χ4n) is 5.33. The van der Waals surface area contributed by atoms with Gasteiger partial charge in [0.15, 0.2) is 5.65 Å². The van der Waals surface area contributed by atoms with Crippen molar-refractivity contribution in [1.29, 1.82) is 5.26 Å². The van der Waals surface area contributed by atoms with Crippen molar-refractivity contribution in [2.24, 2.45) is 0 Å². The number of nitriles is 1. The van der Waals surface area contributed by atoms with Gasteiger partial charge in [-0.15, -0.1) is 5.10 Å². The first-order valence-corrected chi connectivity index (χ1v) is 14.7. The molecule has 1 aliphatic carbocycles. The maximum atomic E-state index is 13.2. The van der Waals surface area contributed by atoms with Crippen LogP contribution in [0.2, 0.25) is 0 Å². The predicted molar refractivity (Wildman–Crippen MR) is 143 cm³/mol. The predicted octanol–water partition coefficient (Wildman–Crippen LogP) is 3.83. The molecule has 42 heavy (non-hydrogen) atoms. The molecule has 11 nitrogen and oxygen atoms in total. The van der Waals surface area contributed by atoms with E-state index in [0.29, 0.717) is 22.9 Å². The molecule has 1 saturated carbocycles. The molecule has 3 aromatic heterocycles. The van der Waals surface area contributed by atoms with Crippen molar-refractivity contribution in [1.82, 2.24) is 28.7 Å². The van der Waals surface area contributed by atoms with E-state index >= 15 is 0 Å². The Kier molecular flexibility index (Phi) is 6.77. The first-order chi connectivity index (χ1) is 20.1. The van der Waals surface area contributed by atoms with Crippen LogP contribution in [0.1, 0.15) is 37.7 Å². The van der Waals surface area contributed by atoms with Gasteiger partial charge in [-0.3, -0.25) is 14.4 Å². The van der Waals surface area contributed by atoms with Gasteiger partial charge in [-0.25, -0.2) is 12.9 Å². The average molecular weight is 599 g/mol. The number of anilines is 1. The van der Waals surface area contributed by atoms with Crippen molar-refractivity contribution in [2.45, 2.75) is 54.8 Å². The second-order valence-corrected chi connectivity index (χ2v) is 12.4. The lowest BCUT2D eigenvalue weighted by Crippen LogP contribution is -2.48. The Hall–Kier alpha value is -4.29. The number of carbonyl (C=O) groups is 1. The van der Waals surface area contributed by atoms with E-state index < -0.39 is 27.3 Å². The molecule has 4 heterocycles. The third kappa shape index (κ3) is 4.90. The van der Waals surface area contributed by atoms with Crippen molar-refractivity contribution in [2.75, 3.05) is 18.0 Å². The fourth-order valence-corrected chi connectivity index (χ4v) is 6.77. The monoisotopic (exact) mass is 598 g/mol. The number of hydrogen-bond acceptors (Lipinski definition) is 7. The molecule has 1 saturated heterocycles. The topological polar surface area (TPSA) is 129 Å². The van der Waals surface area contributed by atoms with Crippen molar-refractivity contribution < 1.29 is 26.4 Å². The number of nitrogens with zero attached hydrogens (tertiary/aromatic N) is 8. The van der Waals surface area contributed by atoms with E-state index in [9.17, 15) is 31.6 Å². The number of amides is 1. The van der Waals surface area contributed by atoms with Gasteiger partial charge in [0.2, 0.25) is 16.4 Å². The molecule has 0 unspecified atom stereocenters. The number of sulfonamides is 1. The van der Waals surface area contributed by atoms with Crippen LogP contribution in [-0.2, 0) is 26.5 Å². The summed E-state index contributed by atoms with van der Waals surface area (Å²) in [7, 11) is -4.04. The van der Waals surface area contributed by atoms with Gasteiger partial charge < -0.3 is 0 Å². The van der Waals surface area contributed by atoms with E-state index in [1.807, 2.05) is 12.1 Å². The quantitative estimate of drug-likeness (QED) is 0.282. The van der Waals surface area contributed by atoms with Crippen molar-refractivity contribution >= 4 is 28.0 Å². The van der Waals surface area contributed by atoms with Crippen molar-refractivity contribution in [3.8, 4) is 17.3 Å². The SMILES string of the molecule is N#CCC1(n2cc(-c3cccc4nc(N(C=O)C5CC5)nn34)cn2)CCN(S(=O)(=O)c2ccc(C(F)(F)F)cc2)CC1. The summed E-state index contributed by atoms with van der Waals surface area (Å²) in [6, 6.07) is 11.2. The lowest BCUT2D eigenvalue weighted by atomic mass is 9.85. The Morgan fingerprint density at radius 2 is 1.83 bits per heavy atom. The van der Waals surface area contributed by atoms with Crippen LogP contribution >= 0.6 is 0 Å². The molecule has 2 aliphatic rings. The van der Waals surface area contributed by atoms with Crippen molar-refractivity contribution in [3.05, 3.63) is 60.4 Å². The van der Waals surface area contributed by atoms with E-state index in [1.165, 1.54) is 9.21 Å². The lowest BCUT2D eigenvalue weighted by molar-refractivity contribution is -0.137. The molecule has 0 atom stereocenters. The first-order valence-electron chi connectivity index (χ1n) is 13.3. The number of benzene rings is 1. The maximum absolute atomic E-state index is 13.2. The summed E-state index contributed by atoms with van der Waals surface area (Å²) >= 11 is 0. The molecule has 0 bridgehead atoms. The number of hydrogen-bond donors (Lipinski definition) is 0. The van der Waals surface area contributed by atoms with Gasteiger partial charge in [0.1, 0.15) is 0 Å². The third-order valence-electron chi connectivity index (χ3n) is 7.88. The van der Waals surface area contributed by atoms with Crippen LogP contribution in [0, 0.1) is 11.3 Å². The molecule has 4 aromatic rings. The van der Waals surface area contributed by atoms with Gasteiger partial charge in [-0.05, 0) is 62.1 Å². The Bertz CT molecular complexity index is 1780. The zero-order chi connectivity index (χ0) is 29.7. The smallest absolute Gasteiger partial charge is 0.279 e. The molecule has 1 amide bonds. The van der Waals surface area contributed by atoms with E-state index in [0.717, 1.165) is 43.5 Å². The number of carbonyl (C=O) groups excluding carboxylic acids is 1. The Labute approximate surface area is 238 Å². The number of fused-ring (bicyclic) bond motifs is 1. The minimum atomic E-state index is -4.57. The molecule has 1 aromatic carbocycles. The minimum Gasteiger partial charge on any atom is -0.279 e. The van der Waals surface area contributed by atoms with Crippen LogP contribution in [-0.4, -0.2) is 62.6 Å². The lowest BCUT2D eigenvalue weighted by Gasteiger charge is -2.40. The highest BCUT2D eigenvalue weighted by atomic mass is 32.2. The number of aromatic nitrogens is 5. The molecule has 218 valence electrons. The number of pyridine rings is 1. The summed E-state index contributed by atoms with van der Waals surface area (Å²) in [5, 5.41) is 18.8. The van der Waals surface area contributed by atoms with Crippen LogP contribution in [0.4, 0.5) is 19.1 Å². The highest BCUT2D eigenvalue weighted by Gasteiger charge is 2.41. The van der Waals surface area contributed by atoms with Gasteiger partial charge in [-0.1, -0.05) is 6.07 Å². The van der Waals surface area contributed by atoms with E-state index in [4.69, 9.17) is 0 Å². The maximum Gasteiger partial charge on any atom is 0.416 e. The zero-order valence-electron chi connectivity index (χ0n) is 22.1. The molecule has 15 heteroatoms. The molecular weight excluding hydrogens is 573 g/mol. The van der Waals surface area contributed by atoms with Gasteiger partial charge >= 0.3 is 6.18 Å². The summed E-state index contributed by atoms with van der Waals surface area (Å²) in [5.41, 5.74) is 0.202. The highest BCUT2D eigenvalue weighted by molar-refractivity contribution is 7.89. The molecule has 0 spiro atoms. The van der Waals surface area contributed by atoms with Gasteiger partial charge in [0.05, 0.1) is 40.4 Å². The van der Waals surface area contributed by atoms with Crippen LogP contribution < -0.4 is 4.90 Å². The minimum absolute atomic E-state index is 0.0605. The standard InChI is InChI=1S/C27H25F3N8O3S/c28-27(29,30)20-4-8-22(9-5-20)42(40,41)35-14-11-26(10-13-31,12-15-35)37-17-19(16-32-37)23-2-1-3-24-33-25(34-38(23)24)36(18-39)21-6-7-21/h1-5,8-9,16-18,21H,6-7,10-12,14-15H2. The molecule has 0 N–H and O–H groups in total. The van der Waals surface area contributed by atoms with Gasteiger partial charge in [0.25, 0.3) is 5.95 Å². The summed E-state index contributed by atoms with van der Waals surface area (Å²) in [5.74, 6) is 0.315. The third-order valence-corrected chi connectivity index (χ3v) is 9.79. The van der Waals surface area contributed by atoms with E-state index in [1.54, 1.807) is 27.7 Å². The Balaban J connectivity index is 1.25. The second-order valence-electron chi connectivity index (χ2n) is 10.5. The second kappa shape index (κ2) is 10.2. The largest absolute Gasteiger partial charge is 0.416 e. The molecular formula is C27H25F3N8O3S. The Morgan fingerprint density at radius 1 is 1.12 bits per heavy atom. The number of alkyl halides is 3. The number of piperidine rings is 1. The summed E-state index contributed by atoms with van der Waals surface area (Å²) < 4.78 is 69.8. The summed E-state index contributed by atoms with van der Waals surface area (Å²) in [6.07, 6.45) is 2.02. The molecule has 0 radical (unpaired) electrons. The molecule has 6 rings (SSSR count). The van der Waals surface area contributed by atoms with Crippen LogP contribution in [0.15, 0.2) is 59.8 Å². The summed E-state index contributed by atoms with van der Waals surface area (Å²) in [4.78, 5) is 17.4. The Morgan fingerprint density at radius 3 is 2.45 bits per heavy atom.